The van der Waals surface area contributed by atoms with Crippen LogP contribution in [-0.4, -0.2) is 69.9 Å². The zero-order valence-electron chi connectivity index (χ0n) is 2.21. The Morgan fingerprint density at radius 2 is 1.57 bits per heavy atom. The van der Waals surface area contributed by atoms with Gasteiger partial charge in [-0.15, -0.1) is 0 Å². The third kappa shape index (κ3) is 18.4. The zero-order chi connectivity index (χ0) is 4.28. The first kappa shape index (κ1) is 15.8. The van der Waals surface area contributed by atoms with E-state index in [9.17, 15) is 0 Å². The number of hydrogen-bond donors (Lipinski definition) is 1. The number of carboxylic acid groups (broad SMARTS) is 1. The Bertz CT molecular complexity index is 64.0. The van der Waals surface area contributed by atoms with Crippen molar-refractivity contribution in [2.24, 2.45) is 0 Å². The average Bonchev–Trinajstić information content (AvgIpc) is 1.38. The number of hydrogen-bond acceptors (Lipinski definition) is 2. The molecule has 0 spiro atoms. The first-order valence-electron chi connectivity index (χ1n) is 0.834. The monoisotopic (exact) mass is 140 g/mol. The molecule has 7 heavy (non-hydrogen) atoms. The first-order chi connectivity index (χ1) is 2.27. The topological polar surface area (TPSA) is 54.4 Å². The van der Waals surface area contributed by atoms with E-state index in [2.05, 4.69) is 0 Å². The molecule has 0 aliphatic carbocycles. The molecular weight excluding hydrogens is 137 g/mol. The maximum atomic E-state index is 9.04. The van der Waals surface area contributed by atoms with Crippen molar-refractivity contribution in [3.8, 4) is 0 Å². The molecule has 0 bridgehead atoms. The predicted octanol–water partition coefficient (Wildman–Crippen LogP) is -0.341. The Labute approximate surface area is 86.6 Å². The van der Waals surface area contributed by atoms with Gasteiger partial charge < -0.3 is 5.11 Å². The van der Waals surface area contributed by atoms with Crippen LogP contribution in [0.25, 0.3) is 0 Å². The van der Waals surface area contributed by atoms with Crippen molar-refractivity contribution in [2.75, 3.05) is 0 Å². The van der Waals surface area contributed by atoms with E-state index in [0.29, 0.717) is 0 Å². The SMILES string of the molecule is O=PC(=O)O.[NaH].[NaH]. The standard InChI is InChI=1S/CHO3P.2Na.2H/c2-1(3)5-4;;;;/h(H,2,3);;;;. The van der Waals surface area contributed by atoms with Crippen LogP contribution in [-0.2, 0) is 4.57 Å². The summed E-state index contributed by atoms with van der Waals surface area (Å²) in [5, 5.41) is 7.40. The summed E-state index contributed by atoms with van der Waals surface area (Å²) >= 11 is 0. The molecule has 0 radical (unpaired) electrons. The van der Waals surface area contributed by atoms with Gasteiger partial charge in [0.2, 0.25) is 0 Å². The molecular formula is CH3Na2O3P. The number of rotatable bonds is 1. The average molecular weight is 140 g/mol. The third-order valence-corrected chi connectivity index (χ3v) is 0.234. The van der Waals surface area contributed by atoms with Crippen molar-refractivity contribution in [3.63, 3.8) is 0 Å². The second-order valence-corrected chi connectivity index (χ2v) is 0.939. The van der Waals surface area contributed by atoms with Gasteiger partial charge >= 0.3 is 64.8 Å². The quantitative estimate of drug-likeness (QED) is 0.400. The van der Waals surface area contributed by atoms with E-state index in [4.69, 9.17) is 14.5 Å². The Morgan fingerprint density at radius 1 is 1.43 bits per heavy atom. The normalized spacial score (nSPS) is 5.71. The van der Waals surface area contributed by atoms with Gasteiger partial charge in [-0.05, 0) is 0 Å². The van der Waals surface area contributed by atoms with E-state index in [1.54, 1.807) is 0 Å². The molecule has 0 heterocycles. The van der Waals surface area contributed by atoms with Crippen molar-refractivity contribution in [1.82, 2.24) is 0 Å². The minimum absolute atomic E-state index is 0. The van der Waals surface area contributed by atoms with Crippen molar-refractivity contribution in [3.05, 3.63) is 0 Å². The van der Waals surface area contributed by atoms with Crippen molar-refractivity contribution in [2.45, 2.75) is 0 Å². The maximum absolute atomic E-state index is 9.04. The molecule has 0 aliphatic rings. The van der Waals surface area contributed by atoms with E-state index >= 15 is 0 Å². The fraction of sp³-hybridized carbons (Fsp3) is 0. The Kier molecular flexibility index (Phi) is 23.8. The second-order valence-electron chi connectivity index (χ2n) is 0.374. The van der Waals surface area contributed by atoms with E-state index in [1.807, 2.05) is 0 Å². The van der Waals surface area contributed by atoms with Crippen LogP contribution in [0.4, 0.5) is 4.79 Å². The predicted molar refractivity (Wildman–Crippen MR) is 29.9 cm³/mol. The molecule has 0 aromatic carbocycles. The van der Waals surface area contributed by atoms with Crippen LogP contribution in [0.1, 0.15) is 0 Å². The van der Waals surface area contributed by atoms with Gasteiger partial charge in [0, 0.05) is 0 Å². The molecule has 0 saturated heterocycles. The molecule has 0 amide bonds. The molecule has 3 nitrogen and oxygen atoms in total. The van der Waals surface area contributed by atoms with E-state index in [0.717, 1.165) is 0 Å². The van der Waals surface area contributed by atoms with Crippen LogP contribution in [0.2, 0.25) is 0 Å². The van der Waals surface area contributed by atoms with Gasteiger partial charge in [-0.3, -0.25) is 4.57 Å². The molecule has 32 valence electrons. The fourth-order valence-corrected chi connectivity index (χ4v) is 0. The van der Waals surface area contributed by atoms with Crippen LogP contribution in [0.15, 0.2) is 0 Å². The van der Waals surface area contributed by atoms with Gasteiger partial charge in [-0.2, -0.15) is 0 Å². The third-order valence-electron chi connectivity index (χ3n) is 0.0781. The molecule has 0 aromatic rings. The fourth-order valence-electron chi connectivity index (χ4n) is 0. The molecule has 0 rings (SSSR count). The molecule has 0 aliphatic heterocycles. The van der Waals surface area contributed by atoms with Gasteiger partial charge in [-0.1, -0.05) is 0 Å². The molecule has 6 heteroatoms. The molecule has 0 atom stereocenters. The molecule has 1 N–H and O–H groups in total. The van der Waals surface area contributed by atoms with Crippen LogP contribution >= 0.6 is 8.46 Å². The summed E-state index contributed by atoms with van der Waals surface area (Å²) < 4.78 is 9.00. The van der Waals surface area contributed by atoms with Gasteiger partial charge in [0.25, 0.3) is 8.46 Å². The summed E-state index contributed by atoms with van der Waals surface area (Å²) in [7, 11) is -0.836. The van der Waals surface area contributed by atoms with E-state index in [-0.39, 0.29) is 59.1 Å². The summed E-state index contributed by atoms with van der Waals surface area (Å²) in [4.78, 5) is 9.04. The molecule has 0 unspecified atom stereocenters. The van der Waals surface area contributed by atoms with Crippen molar-refractivity contribution in [1.29, 1.82) is 0 Å². The van der Waals surface area contributed by atoms with Crippen LogP contribution in [0.5, 0.6) is 0 Å². The van der Waals surface area contributed by atoms with Gasteiger partial charge in [0.1, 0.15) is 0 Å². The summed E-state index contributed by atoms with van der Waals surface area (Å²) in [6.45, 7) is 0. The Balaban J connectivity index is -0.0000000800. The Hall–Kier alpha value is 1.57. The summed E-state index contributed by atoms with van der Waals surface area (Å²) in [5.41, 5.74) is -1.33. The Morgan fingerprint density at radius 3 is 1.57 bits per heavy atom. The van der Waals surface area contributed by atoms with Crippen LogP contribution < -0.4 is 0 Å². The zero-order valence-corrected chi connectivity index (χ0v) is 3.11. The van der Waals surface area contributed by atoms with E-state index in [1.165, 1.54) is 0 Å². The van der Waals surface area contributed by atoms with Crippen LogP contribution in [0, 0.1) is 0 Å². The van der Waals surface area contributed by atoms with Crippen molar-refractivity contribution < 1.29 is 14.5 Å². The second kappa shape index (κ2) is 10.5. The molecule has 0 fully saturated rings. The number of carbonyl (C=O) groups is 1. The van der Waals surface area contributed by atoms with Gasteiger partial charge in [-0.25, -0.2) is 4.79 Å². The summed E-state index contributed by atoms with van der Waals surface area (Å²) in [5.74, 6) is 0. The first-order valence-corrected chi connectivity index (χ1v) is 1.65. The van der Waals surface area contributed by atoms with E-state index < -0.39 is 14.2 Å². The molecule has 0 aromatic heterocycles. The summed E-state index contributed by atoms with van der Waals surface area (Å²) in [6.07, 6.45) is 0. The van der Waals surface area contributed by atoms with Crippen LogP contribution in [0.3, 0.4) is 0 Å². The summed E-state index contributed by atoms with van der Waals surface area (Å²) in [6, 6.07) is 0. The molecule has 0 saturated carbocycles. The van der Waals surface area contributed by atoms with Crippen molar-refractivity contribution >= 4 is 73.3 Å². The van der Waals surface area contributed by atoms with Gasteiger partial charge in [0.05, 0.1) is 0 Å². The van der Waals surface area contributed by atoms with Gasteiger partial charge in [0.15, 0.2) is 0 Å². The minimum atomic E-state index is -1.33.